The summed E-state index contributed by atoms with van der Waals surface area (Å²) >= 11 is 6.06. The van der Waals surface area contributed by atoms with Crippen molar-refractivity contribution in [2.75, 3.05) is 0 Å². The number of nitrogens with one attached hydrogen (secondary N) is 1. The van der Waals surface area contributed by atoms with E-state index in [2.05, 4.69) is 5.32 Å². The van der Waals surface area contributed by atoms with Crippen LogP contribution in [0.3, 0.4) is 0 Å². The summed E-state index contributed by atoms with van der Waals surface area (Å²) < 4.78 is 0. The first-order chi connectivity index (χ1) is 12.9. The van der Waals surface area contributed by atoms with Crippen molar-refractivity contribution in [2.45, 2.75) is 31.7 Å². The Bertz CT molecular complexity index is 826. The minimum Gasteiger partial charge on any atom is -0.550 e. The quantitative estimate of drug-likeness (QED) is 0.523. The SMILES string of the molecule is O=C([O-])C[C@@H](NC(=O)CCCc1ccccc1)c1cc([N+](=O)[O-])ccc1Cl. The molecule has 1 N–H and O–H groups in total. The third-order valence-corrected chi connectivity index (χ3v) is 4.33. The van der Waals surface area contributed by atoms with E-state index in [1.807, 2.05) is 30.3 Å². The molecule has 8 heteroatoms. The van der Waals surface area contributed by atoms with Gasteiger partial charge in [-0.2, -0.15) is 0 Å². The summed E-state index contributed by atoms with van der Waals surface area (Å²) in [5.41, 5.74) is 1.03. The summed E-state index contributed by atoms with van der Waals surface area (Å²) in [5, 5.41) is 24.7. The highest BCUT2D eigenvalue weighted by Crippen LogP contribution is 2.29. The number of aliphatic carboxylic acids is 1. The molecule has 2 aromatic carbocycles. The Kier molecular flexibility index (Phi) is 7.31. The second kappa shape index (κ2) is 9.68. The number of amides is 1. The number of carbonyl (C=O) groups is 2. The molecule has 2 aromatic rings. The van der Waals surface area contributed by atoms with Gasteiger partial charge in [-0.15, -0.1) is 0 Å². The highest BCUT2D eigenvalue weighted by Gasteiger charge is 2.20. The molecule has 0 heterocycles. The van der Waals surface area contributed by atoms with Crippen molar-refractivity contribution in [3.63, 3.8) is 0 Å². The monoisotopic (exact) mass is 389 g/mol. The van der Waals surface area contributed by atoms with Gasteiger partial charge in [-0.3, -0.25) is 14.9 Å². The average Bonchev–Trinajstić information content (AvgIpc) is 2.62. The van der Waals surface area contributed by atoms with Crippen LogP contribution in [0.1, 0.15) is 36.4 Å². The topological polar surface area (TPSA) is 112 Å². The number of carboxylic acid groups (broad SMARTS) is 1. The average molecular weight is 390 g/mol. The summed E-state index contributed by atoms with van der Waals surface area (Å²) in [6.45, 7) is 0. The highest BCUT2D eigenvalue weighted by molar-refractivity contribution is 6.31. The van der Waals surface area contributed by atoms with Crippen molar-refractivity contribution in [3.05, 3.63) is 74.8 Å². The van der Waals surface area contributed by atoms with Crippen LogP contribution in [0.5, 0.6) is 0 Å². The number of hydrogen-bond acceptors (Lipinski definition) is 5. The maximum atomic E-state index is 12.2. The van der Waals surface area contributed by atoms with E-state index in [1.54, 1.807) is 0 Å². The van der Waals surface area contributed by atoms with Crippen molar-refractivity contribution in [2.24, 2.45) is 0 Å². The molecule has 0 bridgehead atoms. The zero-order valence-corrected chi connectivity index (χ0v) is 15.1. The van der Waals surface area contributed by atoms with Crippen LogP contribution in [0.15, 0.2) is 48.5 Å². The summed E-state index contributed by atoms with van der Waals surface area (Å²) in [7, 11) is 0. The largest absolute Gasteiger partial charge is 0.550 e. The van der Waals surface area contributed by atoms with Crippen LogP contribution in [0.25, 0.3) is 0 Å². The van der Waals surface area contributed by atoms with Crippen LogP contribution in [0.4, 0.5) is 5.69 Å². The first kappa shape index (κ1) is 20.4. The maximum Gasteiger partial charge on any atom is 0.269 e. The fraction of sp³-hybridized carbons (Fsp3) is 0.263. The lowest BCUT2D eigenvalue weighted by Crippen LogP contribution is -2.34. The number of nitro benzene ring substituents is 1. The summed E-state index contributed by atoms with van der Waals surface area (Å²) in [5.74, 6) is -1.76. The van der Waals surface area contributed by atoms with Gasteiger partial charge >= 0.3 is 0 Å². The van der Waals surface area contributed by atoms with E-state index in [0.29, 0.717) is 12.8 Å². The third-order valence-electron chi connectivity index (χ3n) is 3.98. The predicted molar refractivity (Wildman–Crippen MR) is 98.0 cm³/mol. The van der Waals surface area contributed by atoms with Crippen LogP contribution in [0.2, 0.25) is 5.02 Å². The molecule has 0 saturated heterocycles. The first-order valence-electron chi connectivity index (χ1n) is 8.34. The van der Waals surface area contributed by atoms with Gasteiger partial charge in [0, 0.05) is 41.5 Å². The van der Waals surface area contributed by atoms with E-state index < -0.39 is 23.4 Å². The van der Waals surface area contributed by atoms with Crippen LogP contribution in [-0.2, 0) is 16.0 Å². The molecule has 0 aliphatic rings. The van der Waals surface area contributed by atoms with E-state index in [4.69, 9.17) is 11.6 Å². The molecular formula is C19H18ClN2O5-. The van der Waals surface area contributed by atoms with E-state index >= 15 is 0 Å². The van der Waals surface area contributed by atoms with E-state index in [-0.39, 0.29) is 28.6 Å². The number of hydrogen-bond donors (Lipinski definition) is 1. The smallest absolute Gasteiger partial charge is 0.269 e. The van der Waals surface area contributed by atoms with Gasteiger partial charge in [0.25, 0.3) is 5.69 Å². The molecule has 0 aliphatic carbocycles. The number of carboxylic acids is 1. The normalized spacial score (nSPS) is 11.6. The van der Waals surface area contributed by atoms with Gasteiger partial charge < -0.3 is 15.2 Å². The Balaban J connectivity index is 2.05. The number of aryl methyl sites for hydroxylation is 1. The van der Waals surface area contributed by atoms with Crippen molar-refractivity contribution < 1.29 is 19.6 Å². The summed E-state index contributed by atoms with van der Waals surface area (Å²) in [6.07, 6.45) is 0.934. The molecule has 0 saturated carbocycles. The summed E-state index contributed by atoms with van der Waals surface area (Å²) in [4.78, 5) is 33.6. The fourth-order valence-electron chi connectivity index (χ4n) is 2.68. The molecule has 7 nitrogen and oxygen atoms in total. The van der Waals surface area contributed by atoms with Gasteiger partial charge in [0.05, 0.1) is 11.0 Å². The number of carbonyl (C=O) groups excluding carboxylic acids is 2. The van der Waals surface area contributed by atoms with Crippen molar-refractivity contribution in [1.82, 2.24) is 5.32 Å². The number of rotatable bonds is 9. The van der Waals surface area contributed by atoms with Gasteiger partial charge in [-0.1, -0.05) is 41.9 Å². The van der Waals surface area contributed by atoms with Gasteiger partial charge in [0.15, 0.2) is 0 Å². The van der Waals surface area contributed by atoms with Crippen molar-refractivity contribution in [1.29, 1.82) is 0 Å². The maximum absolute atomic E-state index is 12.2. The Morgan fingerprint density at radius 1 is 1.15 bits per heavy atom. The van der Waals surface area contributed by atoms with Gasteiger partial charge in [-0.05, 0) is 24.5 Å². The number of halogens is 1. The number of nitrogens with zero attached hydrogens (tertiary/aromatic N) is 1. The van der Waals surface area contributed by atoms with E-state index in [0.717, 1.165) is 5.56 Å². The van der Waals surface area contributed by atoms with Crippen molar-refractivity contribution >= 4 is 29.2 Å². The highest BCUT2D eigenvalue weighted by atomic mass is 35.5. The fourth-order valence-corrected chi connectivity index (χ4v) is 2.93. The Morgan fingerprint density at radius 2 is 1.85 bits per heavy atom. The molecule has 0 aromatic heterocycles. The zero-order chi connectivity index (χ0) is 19.8. The molecule has 1 atom stereocenters. The van der Waals surface area contributed by atoms with Crippen LogP contribution >= 0.6 is 11.6 Å². The lowest BCUT2D eigenvalue weighted by Gasteiger charge is -2.21. The molecule has 27 heavy (non-hydrogen) atoms. The summed E-state index contributed by atoms with van der Waals surface area (Å²) in [6, 6.07) is 12.3. The molecule has 0 aliphatic heterocycles. The Hall–Kier alpha value is -2.93. The lowest BCUT2D eigenvalue weighted by molar-refractivity contribution is -0.385. The minimum absolute atomic E-state index is 0.136. The van der Waals surface area contributed by atoms with Gasteiger partial charge in [0.1, 0.15) is 0 Å². The molecule has 1 amide bonds. The minimum atomic E-state index is -1.40. The van der Waals surface area contributed by atoms with E-state index in [9.17, 15) is 24.8 Å². The second-order valence-corrected chi connectivity index (χ2v) is 6.41. The van der Waals surface area contributed by atoms with Gasteiger partial charge in [-0.25, -0.2) is 0 Å². The van der Waals surface area contributed by atoms with E-state index in [1.165, 1.54) is 18.2 Å². The molecule has 142 valence electrons. The van der Waals surface area contributed by atoms with Crippen LogP contribution in [-0.4, -0.2) is 16.8 Å². The zero-order valence-electron chi connectivity index (χ0n) is 14.4. The lowest BCUT2D eigenvalue weighted by atomic mass is 10.0. The Labute approximate surface area is 161 Å². The van der Waals surface area contributed by atoms with Crippen molar-refractivity contribution in [3.8, 4) is 0 Å². The molecule has 2 rings (SSSR count). The molecular weight excluding hydrogens is 372 g/mol. The predicted octanol–water partition coefficient (Wildman–Crippen LogP) is 2.57. The molecule has 0 fully saturated rings. The molecule has 0 unspecified atom stereocenters. The number of benzene rings is 2. The molecule has 0 spiro atoms. The van der Waals surface area contributed by atoms with Gasteiger partial charge in [0.2, 0.25) is 5.91 Å². The first-order valence-corrected chi connectivity index (χ1v) is 8.71. The number of non-ortho nitro benzene ring substituents is 1. The Morgan fingerprint density at radius 3 is 2.48 bits per heavy atom. The second-order valence-electron chi connectivity index (χ2n) is 6.00. The third kappa shape index (κ3) is 6.38. The standard InChI is InChI=1S/C19H19ClN2O5/c20-16-10-9-14(22(26)27)11-15(16)17(12-19(24)25)21-18(23)8-4-7-13-5-2-1-3-6-13/h1-3,5-6,9-11,17H,4,7-8,12H2,(H,21,23)(H,24,25)/p-1/t17-/m1/s1. The number of nitro groups is 1. The van der Waals surface area contributed by atoms with Crippen LogP contribution < -0.4 is 10.4 Å². The van der Waals surface area contributed by atoms with Crippen LogP contribution in [0, 0.1) is 10.1 Å². The molecule has 0 radical (unpaired) electrons.